The van der Waals surface area contributed by atoms with E-state index in [0.29, 0.717) is 5.56 Å². The van der Waals surface area contributed by atoms with Gasteiger partial charge >= 0.3 is 30.0 Å². The molecule has 1 unspecified atom stereocenters. The van der Waals surface area contributed by atoms with Crippen LogP contribution in [0.3, 0.4) is 0 Å². The standard InChI is InChI=1S/C72H90ClFN6O21/c1-38(81)35-71-37-97-50(71)34-49(82)70(9)59(71)61(100-64(91)43-21-15-12-16-22-43)72(95)36-48(39(2)55(69(72,7)8)57(87)60(70)88)98-66(93)58(56(42-19-13-11-14-20-42)80-67(94)101-68(4,5)6)99-54(86)31-30-51(83)76-32-18-17-23-47(65(92)96-10)78-53(85)29-27-46(62(75)89)79-63(90)40(3)77-52(84)28-25-41-24-26-44(74)33-45(41)73/h11-16,19-22,24-26,28,33,40,46-50,56-59,61,82,87,95H,17-18,23,27,29-32,34-37H2,1-10H3,(H2,75,89)(H,76,83)(H,77,84)(H,78,85)(H,79,90)(H,80,94)/b28-25+/t40-,46+,47?,48-,49-,50+,56-,57+,58+,59-,61-,70+,71+,72+/m0/s1. The number of rotatable bonds is 29. The molecule has 0 spiro atoms. The lowest BCUT2D eigenvalue weighted by molar-refractivity contribution is -0.319. The van der Waals surface area contributed by atoms with Crippen LogP contribution in [0.25, 0.3) is 6.08 Å². The molecule has 14 atom stereocenters. The van der Waals surface area contributed by atoms with Gasteiger partial charge in [0.25, 0.3) is 0 Å². The van der Waals surface area contributed by atoms with Crippen molar-refractivity contribution >= 4 is 88.7 Å². The van der Waals surface area contributed by atoms with Crippen LogP contribution in [0.4, 0.5) is 9.18 Å². The maximum Gasteiger partial charge on any atom is 0.408 e. The Hall–Kier alpha value is -8.96. The minimum atomic E-state index is -2.46. The molecule has 7 rings (SSSR count). The zero-order valence-corrected chi connectivity index (χ0v) is 58.8. The van der Waals surface area contributed by atoms with E-state index in [-0.39, 0.29) is 84.8 Å². The van der Waals surface area contributed by atoms with E-state index < -0.39 is 191 Å². The number of Topliss-reactive ketones (excluding diaryl/α,β-unsaturated/α-hetero) is 2. The lowest BCUT2D eigenvalue weighted by Crippen LogP contribution is -2.78. The molecule has 6 amide bonds. The van der Waals surface area contributed by atoms with Crippen LogP contribution < -0.4 is 32.3 Å². The fraction of sp³-hybridized carbons (Fsp3) is 0.528. The van der Waals surface area contributed by atoms with Gasteiger partial charge in [0.2, 0.25) is 35.6 Å². The molecule has 10 N–H and O–H groups in total. The maximum absolute atomic E-state index is 15.4. The molecule has 29 heteroatoms. The number of primary amides is 1. The number of methoxy groups -OCH3 is 1. The SMILES string of the molecule is COC(=O)C(CCCCNC(=O)CCC(=O)O[C@@H](C(=O)O[C@H]1C[C@@]2(O)[C@@H](OC(=O)c3ccccc3)[C@@H]3[C@]4(CC(C)=O)CO[C@@H]4C[C@H](O)[C@@]3(C)C(=O)[C@H](O)C(=C1C)C2(C)C)[C@@H](NC(=O)OC(C)(C)C)c1ccccc1)NC(=O)CC[C@@H](NC(=O)[C@H](C)NC(=O)/C=C/c1ccc(F)cc1Cl)C(N)=O. The Kier molecular flexibility index (Phi) is 26.1. The molecule has 3 aromatic carbocycles. The number of aliphatic hydroxyl groups excluding tert-OH is 2. The van der Waals surface area contributed by atoms with E-state index in [4.69, 9.17) is 45.8 Å². The Morgan fingerprint density at radius 3 is 2.10 bits per heavy atom. The van der Waals surface area contributed by atoms with Gasteiger partial charge in [-0.3, -0.25) is 33.6 Å². The Morgan fingerprint density at radius 2 is 1.50 bits per heavy atom. The second-order valence-corrected chi connectivity index (χ2v) is 28.2. The van der Waals surface area contributed by atoms with Crippen LogP contribution in [0.5, 0.6) is 0 Å². The molecule has 0 aromatic heterocycles. The fourth-order valence-electron chi connectivity index (χ4n) is 14.0. The fourth-order valence-corrected chi connectivity index (χ4v) is 14.3. The topological polar surface area (TPSA) is 407 Å². The number of hydrogen-bond acceptors (Lipinski definition) is 21. The molecule has 2 bridgehead atoms. The first kappa shape index (κ1) is 79.4. The minimum absolute atomic E-state index is 0.00301. The highest BCUT2D eigenvalue weighted by Gasteiger charge is 2.76. The molecule has 4 aliphatic rings. The van der Waals surface area contributed by atoms with E-state index in [1.807, 2.05) is 0 Å². The number of alkyl carbamates (subject to hydrolysis) is 1. The van der Waals surface area contributed by atoms with Crippen LogP contribution in [-0.2, 0) is 76.4 Å². The van der Waals surface area contributed by atoms with Gasteiger partial charge < -0.3 is 80.9 Å². The average molecular weight is 1430 g/mol. The maximum atomic E-state index is 15.4. The summed E-state index contributed by atoms with van der Waals surface area (Å²) in [7, 11) is 1.10. The van der Waals surface area contributed by atoms with Crippen molar-refractivity contribution in [2.45, 2.75) is 199 Å². The van der Waals surface area contributed by atoms with E-state index in [1.165, 1.54) is 78.0 Å². The number of hydrogen-bond donors (Lipinski definition) is 9. The summed E-state index contributed by atoms with van der Waals surface area (Å²) in [6.45, 7) is 13.1. The second kappa shape index (κ2) is 33.2. The summed E-state index contributed by atoms with van der Waals surface area (Å²) in [6.07, 6.45) is -11.3. The molecule has 0 radical (unpaired) electrons. The third kappa shape index (κ3) is 18.6. The quantitative estimate of drug-likeness (QED) is 0.0146. The van der Waals surface area contributed by atoms with E-state index >= 15 is 9.59 Å². The Labute approximate surface area is 588 Å². The van der Waals surface area contributed by atoms with Crippen molar-refractivity contribution in [3.8, 4) is 0 Å². The highest BCUT2D eigenvalue weighted by molar-refractivity contribution is 6.32. The number of benzene rings is 3. The number of ether oxygens (including phenoxy) is 6. The molecule has 1 heterocycles. The molecular weight excluding hydrogens is 1340 g/mol. The zero-order valence-electron chi connectivity index (χ0n) is 58.0. The smallest absolute Gasteiger partial charge is 0.408 e. The number of esters is 4. The van der Waals surface area contributed by atoms with Gasteiger partial charge in [0.05, 0.1) is 48.3 Å². The van der Waals surface area contributed by atoms with Crippen molar-refractivity contribution in [1.82, 2.24) is 26.6 Å². The first-order chi connectivity index (χ1) is 47.4. The van der Waals surface area contributed by atoms with Crippen molar-refractivity contribution in [3.05, 3.63) is 124 Å². The lowest BCUT2D eigenvalue weighted by atomic mass is 9.41. The van der Waals surface area contributed by atoms with Gasteiger partial charge in [-0.1, -0.05) is 80.0 Å². The van der Waals surface area contributed by atoms with Crippen molar-refractivity contribution in [2.75, 3.05) is 20.3 Å². The number of ketones is 2. The minimum Gasteiger partial charge on any atom is -0.467 e. The number of nitrogens with two attached hydrogens (primary N) is 1. The third-order valence-electron chi connectivity index (χ3n) is 19.3. The van der Waals surface area contributed by atoms with Crippen molar-refractivity contribution in [2.24, 2.45) is 27.9 Å². The molecule has 3 aromatic rings. The first-order valence-electron chi connectivity index (χ1n) is 33.2. The van der Waals surface area contributed by atoms with Gasteiger partial charge in [-0.15, -0.1) is 0 Å². The summed E-state index contributed by atoms with van der Waals surface area (Å²) in [5.41, 5.74) is -2.71. The highest BCUT2D eigenvalue weighted by atomic mass is 35.5. The summed E-state index contributed by atoms with van der Waals surface area (Å²) in [6, 6.07) is 13.7. The third-order valence-corrected chi connectivity index (χ3v) is 19.7. The number of carbonyl (C=O) groups is 12. The molecular formula is C72H90ClFN6O21. The van der Waals surface area contributed by atoms with Crippen molar-refractivity contribution < 1.29 is 106 Å². The van der Waals surface area contributed by atoms with Gasteiger partial charge in [0.1, 0.15) is 65.3 Å². The molecule has 1 saturated heterocycles. The summed E-state index contributed by atoms with van der Waals surface area (Å²) in [5.74, 6) is -11.5. The van der Waals surface area contributed by atoms with Gasteiger partial charge in [-0.25, -0.2) is 23.6 Å². The monoisotopic (exact) mass is 1430 g/mol. The molecule has 2 saturated carbocycles. The van der Waals surface area contributed by atoms with Gasteiger partial charge in [-0.2, -0.15) is 0 Å². The van der Waals surface area contributed by atoms with Crippen molar-refractivity contribution in [3.63, 3.8) is 0 Å². The molecule has 27 nitrogen and oxygen atoms in total. The van der Waals surface area contributed by atoms with E-state index in [1.54, 1.807) is 57.2 Å². The number of nitrogens with one attached hydrogen (secondary N) is 5. The number of unbranched alkanes of at least 4 members (excludes halogenated alkanes) is 1. The molecule has 3 aliphatic carbocycles. The van der Waals surface area contributed by atoms with E-state index in [0.717, 1.165) is 25.3 Å². The number of amides is 6. The summed E-state index contributed by atoms with van der Waals surface area (Å²) in [4.78, 5) is 164. The van der Waals surface area contributed by atoms with Crippen LogP contribution in [-0.4, -0.2) is 173 Å². The molecule has 548 valence electrons. The average Bonchev–Trinajstić information content (AvgIpc) is 0.670. The molecule has 3 fully saturated rings. The molecule has 101 heavy (non-hydrogen) atoms. The Balaban J connectivity index is 1.04. The number of halogens is 2. The van der Waals surface area contributed by atoms with Crippen LogP contribution >= 0.6 is 11.6 Å². The second-order valence-electron chi connectivity index (χ2n) is 27.8. The van der Waals surface area contributed by atoms with Gasteiger partial charge in [-0.05, 0) is 127 Å². The highest BCUT2D eigenvalue weighted by Crippen LogP contribution is 2.67. The normalized spacial score (nSPS) is 25.0. The van der Waals surface area contributed by atoms with Gasteiger partial charge in [0.15, 0.2) is 5.78 Å². The zero-order chi connectivity index (χ0) is 74.7. The van der Waals surface area contributed by atoms with Gasteiger partial charge in [0, 0.05) is 61.5 Å². The molecule has 1 aliphatic heterocycles. The number of aliphatic hydroxyl groups is 3. The van der Waals surface area contributed by atoms with E-state index in [9.17, 15) is 67.7 Å². The Bertz CT molecular complexity index is 3700. The predicted octanol–water partition coefficient (Wildman–Crippen LogP) is 4.96. The largest absolute Gasteiger partial charge is 0.467 e. The van der Waals surface area contributed by atoms with E-state index in [2.05, 4.69) is 26.6 Å². The predicted molar refractivity (Wildman–Crippen MR) is 359 cm³/mol. The first-order valence-corrected chi connectivity index (χ1v) is 33.6. The summed E-state index contributed by atoms with van der Waals surface area (Å²) >= 11 is 6.00. The van der Waals surface area contributed by atoms with Crippen LogP contribution in [0.2, 0.25) is 5.02 Å². The van der Waals surface area contributed by atoms with Crippen LogP contribution in [0.15, 0.2) is 96.1 Å². The number of fused-ring (bicyclic) bond motifs is 5. The van der Waals surface area contributed by atoms with Crippen molar-refractivity contribution in [1.29, 1.82) is 0 Å². The lowest BCUT2D eigenvalue weighted by Gasteiger charge is -2.68. The summed E-state index contributed by atoms with van der Waals surface area (Å²) < 4.78 is 48.7. The number of carbonyl (C=O) groups excluding carboxylic acids is 12. The summed E-state index contributed by atoms with van der Waals surface area (Å²) in [5, 5.41) is 51.3. The van der Waals surface area contributed by atoms with Crippen LogP contribution in [0, 0.1) is 28.0 Å². The Morgan fingerprint density at radius 1 is 0.832 bits per heavy atom. The van der Waals surface area contributed by atoms with Crippen LogP contribution in [0.1, 0.15) is 154 Å².